The Hall–Kier alpha value is -3.33. The second kappa shape index (κ2) is 9.13. The fourth-order valence-corrected chi connectivity index (χ4v) is 5.40. The van der Waals surface area contributed by atoms with Crippen LogP contribution in [0.2, 0.25) is 0 Å². The molecular weight excluding hydrogens is 416 g/mol. The molecule has 3 aliphatic rings. The Morgan fingerprint density at radius 1 is 0.529 bits per heavy atom. The van der Waals surface area contributed by atoms with Crippen LogP contribution in [-0.2, 0) is 4.79 Å². The van der Waals surface area contributed by atoms with Gasteiger partial charge in [0.15, 0.2) is 5.78 Å². The van der Waals surface area contributed by atoms with E-state index in [2.05, 4.69) is 98.7 Å². The summed E-state index contributed by atoms with van der Waals surface area (Å²) >= 11 is 0. The second-order valence-corrected chi connectivity index (χ2v) is 10.1. The van der Waals surface area contributed by atoms with Crippen LogP contribution in [0, 0.1) is 0 Å². The van der Waals surface area contributed by atoms with Gasteiger partial charge in [-0.1, -0.05) is 36.4 Å². The minimum absolute atomic E-state index is 0.297. The molecule has 0 aromatic heterocycles. The smallest absolute Gasteiger partial charge is 0.185 e. The lowest BCUT2D eigenvalue weighted by Gasteiger charge is -2.12. The fourth-order valence-electron chi connectivity index (χ4n) is 5.40. The summed E-state index contributed by atoms with van der Waals surface area (Å²) in [6.07, 6.45) is 10.3. The van der Waals surface area contributed by atoms with Crippen molar-refractivity contribution in [3.05, 3.63) is 94.1 Å². The molecule has 0 saturated heterocycles. The molecule has 5 rings (SSSR count). The van der Waals surface area contributed by atoms with Crippen molar-refractivity contribution in [3.8, 4) is 0 Å². The van der Waals surface area contributed by atoms with Gasteiger partial charge in [0, 0.05) is 50.7 Å². The Kier molecular flexibility index (Phi) is 6.03. The quantitative estimate of drug-likeness (QED) is 0.477. The molecule has 0 atom stereocenters. The topological polar surface area (TPSA) is 23.6 Å². The average Bonchev–Trinajstić information content (AvgIpc) is 3.59. The van der Waals surface area contributed by atoms with E-state index in [0.29, 0.717) is 5.78 Å². The van der Waals surface area contributed by atoms with E-state index in [4.69, 9.17) is 0 Å². The third-order valence-corrected chi connectivity index (χ3v) is 7.48. The van der Waals surface area contributed by atoms with E-state index >= 15 is 0 Å². The molecule has 1 fully saturated rings. The third kappa shape index (κ3) is 4.27. The predicted molar refractivity (Wildman–Crippen MR) is 144 cm³/mol. The van der Waals surface area contributed by atoms with Crippen LogP contribution >= 0.6 is 0 Å². The first-order valence-corrected chi connectivity index (χ1v) is 12.4. The van der Waals surface area contributed by atoms with Crippen LogP contribution in [0.4, 0.5) is 11.4 Å². The molecule has 3 nitrogen and oxygen atoms in total. The van der Waals surface area contributed by atoms with Crippen LogP contribution in [-0.4, -0.2) is 34.0 Å². The lowest BCUT2D eigenvalue weighted by atomic mass is 10.0. The summed E-state index contributed by atoms with van der Waals surface area (Å²) < 4.78 is 0. The molecule has 2 aromatic carbocycles. The molecule has 0 amide bonds. The van der Waals surface area contributed by atoms with E-state index in [0.717, 1.165) is 49.7 Å². The van der Waals surface area contributed by atoms with Gasteiger partial charge in [-0.15, -0.1) is 0 Å². The number of nitrogens with zero attached hydrogens (tertiary/aromatic N) is 2. The highest BCUT2D eigenvalue weighted by molar-refractivity contribution is 6.12. The maximum absolute atomic E-state index is 13.4. The minimum Gasteiger partial charge on any atom is -0.378 e. The molecular formula is C31H34N2O. The first-order chi connectivity index (χ1) is 16.4. The summed E-state index contributed by atoms with van der Waals surface area (Å²) in [6.45, 7) is 0. The summed E-state index contributed by atoms with van der Waals surface area (Å²) in [5, 5.41) is 0. The molecule has 3 aliphatic carbocycles. The normalized spacial score (nSPS) is 22.3. The van der Waals surface area contributed by atoms with E-state index in [1.807, 2.05) is 0 Å². The van der Waals surface area contributed by atoms with E-state index in [9.17, 15) is 4.79 Å². The highest BCUT2D eigenvalue weighted by atomic mass is 16.1. The zero-order valence-electron chi connectivity index (χ0n) is 20.8. The Labute approximate surface area is 203 Å². The third-order valence-electron chi connectivity index (χ3n) is 7.48. The van der Waals surface area contributed by atoms with Crippen LogP contribution in [0.25, 0.3) is 11.1 Å². The number of Topliss-reactive ketones (excluding diaryl/α,β-unsaturated/α-hetero) is 1. The number of hydrogen-bond donors (Lipinski definition) is 0. The van der Waals surface area contributed by atoms with Gasteiger partial charge >= 0.3 is 0 Å². The monoisotopic (exact) mass is 450 g/mol. The maximum Gasteiger partial charge on any atom is 0.185 e. The van der Waals surface area contributed by atoms with E-state index < -0.39 is 0 Å². The van der Waals surface area contributed by atoms with Crippen LogP contribution in [0.15, 0.2) is 83.0 Å². The van der Waals surface area contributed by atoms with Gasteiger partial charge in [-0.3, -0.25) is 4.79 Å². The molecule has 0 spiro atoms. The fraction of sp³-hybridized carbons (Fsp3) is 0.323. The molecule has 3 heteroatoms. The van der Waals surface area contributed by atoms with Gasteiger partial charge in [0.2, 0.25) is 0 Å². The first kappa shape index (κ1) is 22.5. The summed E-state index contributed by atoms with van der Waals surface area (Å²) in [5.41, 5.74) is 12.3. The van der Waals surface area contributed by atoms with Crippen LogP contribution in [0.3, 0.4) is 0 Å². The molecule has 0 bridgehead atoms. The van der Waals surface area contributed by atoms with E-state index in [1.165, 1.54) is 44.8 Å². The lowest BCUT2D eigenvalue weighted by Crippen LogP contribution is -2.08. The van der Waals surface area contributed by atoms with Crippen molar-refractivity contribution in [1.82, 2.24) is 0 Å². The van der Waals surface area contributed by atoms with Crippen molar-refractivity contribution in [2.24, 2.45) is 0 Å². The molecule has 34 heavy (non-hydrogen) atoms. The molecule has 174 valence electrons. The second-order valence-electron chi connectivity index (χ2n) is 10.1. The summed E-state index contributed by atoms with van der Waals surface area (Å²) in [6, 6.07) is 17.5. The van der Waals surface area contributed by atoms with E-state index in [-0.39, 0.29) is 0 Å². The molecule has 0 unspecified atom stereocenters. The highest BCUT2D eigenvalue weighted by Gasteiger charge is 2.30. The van der Waals surface area contributed by atoms with Crippen molar-refractivity contribution in [2.45, 2.75) is 38.5 Å². The number of anilines is 2. The van der Waals surface area contributed by atoms with Gasteiger partial charge < -0.3 is 9.80 Å². The Balaban J connectivity index is 1.37. The Morgan fingerprint density at radius 2 is 0.912 bits per heavy atom. The number of hydrogen-bond acceptors (Lipinski definition) is 3. The average molecular weight is 451 g/mol. The largest absolute Gasteiger partial charge is 0.378 e. The van der Waals surface area contributed by atoms with Crippen molar-refractivity contribution in [2.75, 3.05) is 38.0 Å². The van der Waals surface area contributed by atoms with Gasteiger partial charge in [-0.05, 0) is 96.2 Å². The number of rotatable bonds is 4. The minimum atomic E-state index is 0.297. The van der Waals surface area contributed by atoms with Gasteiger partial charge in [0.25, 0.3) is 0 Å². The number of carbonyl (C=O) groups is 1. The SMILES string of the molecule is CN(C)c1ccc(C2=C/C(=C3\CC/C(=C4\C=C(c5ccc(N(C)C)cc5)CC4)C3=O)CC2)cc1. The summed E-state index contributed by atoms with van der Waals surface area (Å²) in [5.74, 6) is 0.297. The van der Waals surface area contributed by atoms with Crippen molar-refractivity contribution >= 4 is 28.3 Å². The van der Waals surface area contributed by atoms with Crippen LogP contribution < -0.4 is 9.80 Å². The summed E-state index contributed by atoms with van der Waals surface area (Å²) in [4.78, 5) is 17.7. The van der Waals surface area contributed by atoms with Gasteiger partial charge in [0.1, 0.15) is 0 Å². The molecule has 0 aliphatic heterocycles. The van der Waals surface area contributed by atoms with E-state index in [1.54, 1.807) is 0 Å². The Morgan fingerprint density at radius 3 is 1.26 bits per heavy atom. The number of carbonyl (C=O) groups excluding carboxylic acids is 1. The molecule has 0 N–H and O–H groups in total. The number of allylic oxidation sites excluding steroid dienone is 8. The molecule has 1 saturated carbocycles. The number of benzene rings is 2. The summed E-state index contributed by atoms with van der Waals surface area (Å²) in [7, 11) is 8.25. The predicted octanol–water partition coefficient (Wildman–Crippen LogP) is 6.83. The molecule has 0 radical (unpaired) electrons. The number of ketones is 1. The zero-order chi connectivity index (χ0) is 23.8. The zero-order valence-corrected chi connectivity index (χ0v) is 20.8. The van der Waals surface area contributed by atoms with Crippen LogP contribution in [0.5, 0.6) is 0 Å². The lowest BCUT2D eigenvalue weighted by molar-refractivity contribution is -0.111. The van der Waals surface area contributed by atoms with Crippen molar-refractivity contribution < 1.29 is 4.79 Å². The van der Waals surface area contributed by atoms with Gasteiger partial charge in [-0.2, -0.15) is 0 Å². The van der Waals surface area contributed by atoms with Gasteiger partial charge in [-0.25, -0.2) is 0 Å². The molecule has 2 aromatic rings. The standard InChI is InChI=1S/C31H34N2O/c1-32(2)27-13-9-21(10-14-27)23-5-7-25(19-23)29-17-18-30(31(29)34)26-8-6-24(20-26)22-11-15-28(16-12-22)33(3)4/h9-16,19-20H,5-8,17-18H2,1-4H3/b29-25+,30-26+. The van der Waals surface area contributed by atoms with Crippen LogP contribution in [0.1, 0.15) is 49.7 Å². The maximum atomic E-state index is 13.4. The van der Waals surface area contributed by atoms with Crippen molar-refractivity contribution in [1.29, 1.82) is 0 Å². The highest BCUT2D eigenvalue weighted by Crippen LogP contribution is 2.42. The first-order valence-electron chi connectivity index (χ1n) is 12.4. The van der Waals surface area contributed by atoms with Crippen molar-refractivity contribution in [3.63, 3.8) is 0 Å². The molecule has 0 heterocycles. The van der Waals surface area contributed by atoms with Gasteiger partial charge in [0.05, 0.1) is 0 Å². The Bertz CT molecular complexity index is 1140.